The zero-order valence-electron chi connectivity index (χ0n) is 10.9. The lowest BCUT2D eigenvalue weighted by Crippen LogP contribution is -2.13. The van der Waals surface area contributed by atoms with Crippen molar-refractivity contribution < 1.29 is 18.3 Å². The highest BCUT2D eigenvalue weighted by Gasteiger charge is 2.19. The SMILES string of the molecule is Cc1cccc(NS(=O)(=O)c2csc(C(=O)O)c2)c1C. The molecule has 1 heterocycles. The molecule has 20 heavy (non-hydrogen) atoms. The van der Waals surface area contributed by atoms with Crippen LogP contribution in [-0.2, 0) is 10.0 Å². The summed E-state index contributed by atoms with van der Waals surface area (Å²) in [4.78, 5) is 10.7. The third-order valence-corrected chi connectivity index (χ3v) is 5.36. The summed E-state index contributed by atoms with van der Waals surface area (Å²) >= 11 is 0.884. The molecule has 106 valence electrons. The summed E-state index contributed by atoms with van der Waals surface area (Å²) in [5.41, 5.74) is 2.31. The molecular weight excluding hydrogens is 298 g/mol. The molecule has 0 saturated heterocycles. The molecule has 0 amide bonds. The summed E-state index contributed by atoms with van der Waals surface area (Å²) in [7, 11) is -3.77. The summed E-state index contributed by atoms with van der Waals surface area (Å²) in [6.07, 6.45) is 0. The van der Waals surface area contributed by atoms with Gasteiger partial charge in [-0.1, -0.05) is 12.1 Å². The molecule has 2 N–H and O–H groups in total. The van der Waals surface area contributed by atoms with E-state index in [2.05, 4.69) is 4.72 Å². The first-order chi connectivity index (χ1) is 9.31. The molecule has 0 bridgehead atoms. The monoisotopic (exact) mass is 311 g/mol. The van der Waals surface area contributed by atoms with Crippen molar-refractivity contribution >= 4 is 33.0 Å². The number of hydrogen-bond acceptors (Lipinski definition) is 4. The fraction of sp³-hybridized carbons (Fsp3) is 0.154. The van der Waals surface area contributed by atoms with Gasteiger partial charge in [0, 0.05) is 5.38 Å². The molecule has 7 heteroatoms. The average molecular weight is 311 g/mol. The zero-order valence-corrected chi connectivity index (χ0v) is 12.5. The first-order valence-corrected chi connectivity index (χ1v) is 8.08. The van der Waals surface area contributed by atoms with E-state index in [1.54, 1.807) is 12.1 Å². The van der Waals surface area contributed by atoms with E-state index in [1.807, 2.05) is 19.9 Å². The molecule has 0 saturated carbocycles. The van der Waals surface area contributed by atoms with Crippen LogP contribution in [0.3, 0.4) is 0 Å². The lowest BCUT2D eigenvalue weighted by atomic mass is 10.1. The number of thiophene rings is 1. The standard InChI is InChI=1S/C13H13NO4S2/c1-8-4-3-5-11(9(8)2)14-20(17,18)10-6-12(13(15)16)19-7-10/h3-7,14H,1-2H3,(H,15,16). The van der Waals surface area contributed by atoms with Gasteiger partial charge >= 0.3 is 5.97 Å². The fourth-order valence-corrected chi connectivity index (χ4v) is 3.87. The molecule has 0 aliphatic rings. The second kappa shape index (κ2) is 5.26. The Labute approximate surface area is 120 Å². The predicted octanol–water partition coefficient (Wildman–Crippen LogP) is 2.86. The highest BCUT2D eigenvalue weighted by Crippen LogP contribution is 2.24. The Morgan fingerprint density at radius 2 is 2.00 bits per heavy atom. The summed E-state index contributed by atoms with van der Waals surface area (Å²) < 4.78 is 26.9. The van der Waals surface area contributed by atoms with Gasteiger partial charge in [-0.05, 0) is 37.1 Å². The van der Waals surface area contributed by atoms with Gasteiger partial charge < -0.3 is 5.11 Å². The molecule has 1 aromatic heterocycles. The molecule has 0 unspecified atom stereocenters. The normalized spacial score (nSPS) is 11.3. The topological polar surface area (TPSA) is 83.5 Å². The molecule has 2 rings (SSSR count). The Bertz CT molecular complexity index is 762. The number of sulfonamides is 1. The molecule has 5 nitrogen and oxygen atoms in total. The van der Waals surface area contributed by atoms with Gasteiger partial charge in [-0.3, -0.25) is 4.72 Å². The van der Waals surface area contributed by atoms with Crippen LogP contribution in [0.1, 0.15) is 20.8 Å². The second-order valence-corrected chi connectivity index (χ2v) is 6.90. The van der Waals surface area contributed by atoms with Crippen LogP contribution in [-0.4, -0.2) is 19.5 Å². The predicted molar refractivity (Wildman–Crippen MR) is 78.0 cm³/mol. The number of nitrogens with one attached hydrogen (secondary N) is 1. The number of anilines is 1. The van der Waals surface area contributed by atoms with E-state index in [0.717, 1.165) is 28.5 Å². The lowest BCUT2D eigenvalue weighted by molar-refractivity contribution is 0.0702. The largest absolute Gasteiger partial charge is 0.477 e. The van der Waals surface area contributed by atoms with Crippen molar-refractivity contribution in [3.05, 3.63) is 45.6 Å². The van der Waals surface area contributed by atoms with Gasteiger partial charge in [0.1, 0.15) is 4.88 Å². The Morgan fingerprint density at radius 3 is 2.60 bits per heavy atom. The number of aromatic carboxylic acids is 1. The molecule has 2 aromatic rings. The Kier molecular flexibility index (Phi) is 3.82. The fourth-order valence-electron chi connectivity index (χ4n) is 1.64. The van der Waals surface area contributed by atoms with E-state index in [9.17, 15) is 13.2 Å². The van der Waals surface area contributed by atoms with Crippen molar-refractivity contribution in [2.24, 2.45) is 0 Å². The van der Waals surface area contributed by atoms with Crippen LogP contribution < -0.4 is 4.72 Å². The van der Waals surface area contributed by atoms with E-state index in [1.165, 1.54) is 5.38 Å². The zero-order chi connectivity index (χ0) is 14.9. The summed E-state index contributed by atoms with van der Waals surface area (Å²) in [5, 5.41) is 10.1. The van der Waals surface area contributed by atoms with E-state index in [-0.39, 0.29) is 9.77 Å². The van der Waals surface area contributed by atoms with Crippen LogP contribution in [0.5, 0.6) is 0 Å². The maximum absolute atomic E-state index is 12.2. The maximum Gasteiger partial charge on any atom is 0.345 e. The Morgan fingerprint density at radius 1 is 1.30 bits per heavy atom. The van der Waals surface area contributed by atoms with E-state index < -0.39 is 16.0 Å². The van der Waals surface area contributed by atoms with E-state index >= 15 is 0 Å². The molecule has 1 aromatic carbocycles. The molecular formula is C13H13NO4S2. The quantitative estimate of drug-likeness (QED) is 0.909. The van der Waals surface area contributed by atoms with Crippen molar-refractivity contribution in [2.75, 3.05) is 4.72 Å². The summed E-state index contributed by atoms with van der Waals surface area (Å²) in [5.74, 6) is -1.14. The Balaban J connectivity index is 2.35. The lowest BCUT2D eigenvalue weighted by Gasteiger charge is -2.11. The molecule has 0 aliphatic heterocycles. The minimum absolute atomic E-state index is 0.00802. The van der Waals surface area contributed by atoms with Crippen molar-refractivity contribution in [1.29, 1.82) is 0 Å². The first-order valence-electron chi connectivity index (χ1n) is 5.72. The number of aryl methyl sites for hydroxylation is 1. The van der Waals surface area contributed by atoms with Gasteiger partial charge in [-0.2, -0.15) is 0 Å². The van der Waals surface area contributed by atoms with Crippen LogP contribution in [0.2, 0.25) is 0 Å². The van der Waals surface area contributed by atoms with Gasteiger partial charge in [0.25, 0.3) is 10.0 Å². The van der Waals surface area contributed by atoms with Gasteiger partial charge in [-0.15, -0.1) is 11.3 Å². The van der Waals surface area contributed by atoms with Crippen LogP contribution in [0.4, 0.5) is 5.69 Å². The molecule has 0 fully saturated rings. The Hall–Kier alpha value is -1.86. The number of carbonyl (C=O) groups is 1. The van der Waals surface area contributed by atoms with Gasteiger partial charge in [0.05, 0.1) is 10.6 Å². The minimum atomic E-state index is -3.77. The third-order valence-electron chi connectivity index (χ3n) is 2.95. The van der Waals surface area contributed by atoms with Crippen molar-refractivity contribution in [2.45, 2.75) is 18.7 Å². The second-order valence-electron chi connectivity index (χ2n) is 4.30. The molecule has 0 spiro atoms. The van der Waals surface area contributed by atoms with Crippen molar-refractivity contribution in [3.8, 4) is 0 Å². The number of hydrogen-bond donors (Lipinski definition) is 2. The number of rotatable bonds is 4. The van der Waals surface area contributed by atoms with Crippen LogP contribution in [0.25, 0.3) is 0 Å². The van der Waals surface area contributed by atoms with Crippen molar-refractivity contribution in [3.63, 3.8) is 0 Å². The third kappa shape index (κ3) is 2.83. The number of carboxylic acids is 1. The van der Waals surface area contributed by atoms with Gasteiger partial charge in [-0.25, -0.2) is 13.2 Å². The smallest absolute Gasteiger partial charge is 0.345 e. The number of carboxylic acid groups (broad SMARTS) is 1. The van der Waals surface area contributed by atoms with Crippen LogP contribution >= 0.6 is 11.3 Å². The van der Waals surface area contributed by atoms with Gasteiger partial charge in [0.2, 0.25) is 0 Å². The van der Waals surface area contributed by atoms with E-state index in [4.69, 9.17) is 5.11 Å². The van der Waals surface area contributed by atoms with E-state index in [0.29, 0.717) is 5.69 Å². The average Bonchev–Trinajstić information content (AvgIpc) is 2.85. The van der Waals surface area contributed by atoms with Crippen LogP contribution in [0.15, 0.2) is 34.5 Å². The highest BCUT2D eigenvalue weighted by atomic mass is 32.2. The first kappa shape index (κ1) is 14.5. The minimum Gasteiger partial charge on any atom is -0.477 e. The maximum atomic E-state index is 12.2. The molecule has 0 atom stereocenters. The number of benzene rings is 1. The molecule has 0 aliphatic carbocycles. The highest BCUT2D eigenvalue weighted by molar-refractivity contribution is 7.92. The van der Waals surface area contributed by atoms with Gasteiger partial charge in [0.15, 0.2) is 0 Å². The molecule has 0 radical (unpaired) electrons. The summed E-state index contributed by atoms with van der Waals surface area (Å²) in [6.45, 7) is 3.71. The summed E-state index contributed by atoms with van der Waals surface area (Å²) in [6, 6.07) is 6.47. The van der Waals surface area contributed by atoms with Crippen LogP contribution in [0, 0.1) is 13.8 Å². The van der Waals surface area contributed by atoms with Crippen molar-refractivity contribution in [1.82, 2.24) is 0 Å².